The zero-order valence-corrected chi connectivity index (χ0v) is 25.0. The molecule has 3 rings (SSSR count). The fourth-order valence-corrected chi connectivity index (χ4v) is 4.47. The van der Waals surface area contributed by atoms with E-state index < -0.39 is 53.9 Å². The maximum absolute atomic E-state index is 13.3. The summed E-state index contributed by atoms with van der Waals surface area (Å²) in [5.41, 5.74) is 1.27. The third kappa shape index (κ3) is 9.20. The minimum absolute atomic E-state index is 0.0387. The molecule has 3 N–H and O–H groups in total. The molecule has 1 fully saturated rings. The number of nitrogens with one attached hydrogen (secondary N) is 2. The van der Waals surface area contributed by atoms with Crippen LogP contribution in [0.5, 0.6) is 0 Å². The molecule has 11 heteroatoms. The SMILES string of the molecule is CC(C)[C@H]1COC(=O)N1C(=O)[C@@H](C)[C@H](O)[C@H](Cc1ccc(NC(=O)OCc2ccccc2)cc1)NC(=O)OC(C)(C)C. The maximum Gasteiger partial charge on any atom is 0.416 e. The van der Waals surface area contributed by atoms with E-state index in [1.54, 1.807) is 45.0 Å². The summed E-state index contributed by atoms with van der Waals surface area (Å²) in [4.78, 5) is 51.6. The second kappa shape index (κ2) is 14.2. The maximum atomic E-state index is 13.3. The van der Waals surface area contributed by atoms with E-state index >= 15 is 0 Å². The molecule has 0 spiro atoms. The van der Waals surface area contributed by atoms with Crippen molar-refractivity contribution in [2.45, 2.75) is 78.4 Å². The summed E-state index contributed by atoms with van der Waals surface area (Å²) in [6.07, 6.45) is -3.35. The van der Waals surface area contributed by atoms with Crippen molar-refractivity contribution in [3.8, 4) is 0 Å². The monoisotopic (exact) mass is 583 g/mol. The molecule has 1 saturated heterocycles. The van der Waals surface area contributed by atoms with Crippen molar-refractivity contribution in [1.82, 2.24) is 10.2 Å². The number of cyclic esters (lactones) is 1. The van der Waals surface area contributed by atoms with Gasteiger partial charge in [-0.3, -0.25) is 10.1 Å². The van der Waals surface area contributed by atoms with Gasteiger partial charge in [0.15, 0.2) is 0 Å². The largest absolute Gasteiger partial charge is 0.447 e. The molecular weight excluding hydrogens is 542 g/mol. The predicted octanol–water partition coefficient (Wildman–Crippen LogP) is 4.87. The van der Waals surface area contributed by atoms with E-state index in [2.05, 4.69) is 10.6 Å². The van der Waals surface area contributed by atoms with Gasteiger partial charge in [0.05, 0.1) is 24.1 Å². The molecule has 2 aromatic carbocycles. The van der Waals surface area contributed by atoms with Gasteiger partial charge < -0.3 is 24.6 Å². The normalized spacial score (nSPS) is 17.2. The van der Waals surface area contributed by atoms with Crippen LogP contribution < -0.4 is 10.6 Å². The average molecular weight is 584 g/mol. The zero-order valence-electron chi connectivity index (χ0n) is 25.0. The first-order valence-corrected chi connectivity index (χ1v) is 14.0. The first-order chi connectivity index (χ1) is 19.7. The number of anilines is 1. The number of ether oxygens (including phenoxy) is 3. The van der Waals surface area contributed by atoms with Crippen LogP contribution in [0.15, 0.2) is 54.6 Å². The smallest absolute Gasteiger partial charge is 0.416 e. The lowest BCUT2D eigenvalue weighted by atomic mass is 9.91. The van der Waals surface area contributed by atoms with E-state index in [4.69, 9.17) is 14.2 Å². The van der Waals surface area contributed by atoms with Crippen LogP contribution in [0.4, 0.5) is 20.1 Å². The first-order valence-electron chi connectivity index (χ1n) is 14.0. The third-order valence-corrected chi connectivity index (χ3v) is 6.80. The van der Waals surface area contributed by atoms with Gasteiger partial charge in [-0.2, -0.15) is 0 Å². The Morgan fingerprint density at radius 3 is 2.24 bits per heavy atom. The van der Waals surface area contributed by atoms with Crippen LogP contribution in [0.1, 0.15) is 52.7 Å². The van der Waals surface area contributed by atoms with Crippen LogP contribution in [0.3, 0.4) is 0 Å². The van der Waals surface area contributed by atoms with Gasteiger partial charge in [-0.05, 0) is 56.4 Å². The number of nitrogens with zero attached hydrogens (tertiary/aromatic N) is 1. The van der Waals surface area contributed by atoms with Crippen molar-refractivity contribution in [2.75, 3.05) is 11.9 Å². The number of hydrogen-bond acceptors (Lipinski definition) is 8. The van der Waals surface area contributed by atoms with Gasteiger partial charge in [0.2, 0.25) is 5.91 Å². The summed E-state index contributed by atoms with van der Waals surface area (Å²) < 4.78 is 15.7. The average Bonchev–Trinajstić information content (AvgIpc) is 3.32. The molecule has 1 heterocycles. The summed E-state index contributed by atoms with van der Waals surface area (Å²) >= 11 is 0. The second-order valence-electron chi connectivity index (χ2n) is 11.7. The van der Waals surface area contributed by atoms with Crippen LogP contribution >= 0.6 is 0 Å². The number of aliphatic hydroxyl groups is 1. The van der Waals surface area contributed by atoms with Gasteiger partial charge in [-0.25, -0.2) is 19.3 Å². The van der Waals surface area contributed by atoms with Crippen LogP contribution in [0, 0.1) is 11.8 Å². The summed E-state index contributed by atoms with van der Waals surface area (Å²) in [7, 11) is 0. The molecule has 228 valence electrons. The van der Waals surface area contributed by atoms with E-state index in [1.165, 1.54) is 6.92 Å². The van der Waals surface area contributed by atoms with Crippen molar-refractivity contribution < 1.29 is 38.5 Å². The zero-order chi connectivity index (χ0) is 31.0. The highest BCUT2D eigenvalue weighted by Crippen LogP contribution is 2.25. The number of carbonyl (C=O) groups excluding carboxylic acids is 4. The van der Waals surface area contributed by atoms with Crippen LogP contribution in [-0.2, 0) is 32.0 Å². The molecule has 0 aromatic heterocycles. The third-order valence-electron chi connectivity index (χ3n) is 6.80. The molecule has 4 atom stereocenters. The quantitative estimate of drug-likeness (QED) is 0.336. The second-order valence-corrected chi connectivity index (χ2v) is 11.7. The fraction of sp³-hybridized carbons (Fsp3) is 0.484. The number of amides is 4. The van der Waals surface area contributed by atoms with Gasteiger partial charge in [0.25, 0.3) is 0 Å². The van der Waals surface area contributed by atoms with E-state index in [0.717, 1.165) is 10.5 Å². The summed E-state index contributed by atoms with van der Waals surface area (Å²) in [5.74, 6) is -1.67. The number of benzene rings is 2. The molecule has 0 aliphatic carbocycles. The number of alkyl carbamates (subject to hydrolysis) is 1. The Hall–Kier alpha value is -4.12. The number of carbonyl (C=O) groups is 4. The Balaban J connectivity index is 1.70. The predicted molar refractivity (Wildman–Crippen MR) is 156 cm³/mol. The molecule has 2 aromatic rings. The summed E-state index contributed by atoms with van der Waals surface area (Å²) in [6.45, 7) is 10.6. The number of rotatable bonds is 10. The molecule has 1 aliphatic rings. The number of aliphatic hydroxyl groups excluding tert-OH is 1. The molecular formula is C31H41N3O8. The van der Waals surface area contributed by atoms with Crippen LogP contribution in [0.25, 0.3) is 0 Å². The topological polar surface area (TPSA) is 144 Å². The lowest BCUT2D eigenvalue weighted by Crippen LogP contribution is -2.53. The molecule has 42 heavy (non-hydrogen) atoms. The van der Waals surface area contributed by atoms with Crippen LogP contribution in [-0.4, -0.2) is 64.6 Å². The molecule has 0 bridgehead atoms. The highest BCUT2D eigenvalue weighted by atomic mass is 16.6. The fourth-order valence-electron chi connectivity index (χ4n) is 4.47. The van der Waals surface area contributed by atoms with Gasteiger partial charge in [0.1, 0.15) is 18.8 Å². The summed E-state index contributed by atoms with van der Waals surface area (Å²) in [6, 6.07) is 14.7. The van der Waals surface area contributed by atoms with Gasteiger partial charge >= 0.3 is 18.3 Å². The van der Waals surface area contributed by atoms with E-state index in [-0.39, 0.29) is 25.6 Å². The van der Waals surface area contributed by atoms with Crippen molar-refractivity contribution in [3.63, 3.8) is 0 Å². The van der Waals surface area contributed by atoms with Crippen molar-refractivity contribution in [3.05, 3.63) is 65.7 Å². The summed E-state index contributed by atoms with van der Waals surface area (Å²) in [5, 5.41) is 16.7. The minimum atomic E-state index is -1.36. The van der Waals surface area contributed by atoms with Gasteiger partial charge in [-0.15, -0.1) is 0 Å². The van der Waals surface area contributed by atoms with Crippen molar-refractivity contribution in [2.24, 2.45) is 11.8 Å². The lowest BCUT2D eigenvalue weighted by molar-refractivity contribution is -0.137. The van der Waals surface area contributed by atoms with E-state index in [9.17, 15) is 24.3 Å². The van der Waals surface area contributed by atoms with Crippen LogP contribution in [0.2, 0.25) is 0 Å². The minimum Gasteiger partial charge on any atom is -0.447 e. The Bertz CT molecular complexity index is 1230. The number of imide groups is 1. The first kappa shape index (κ1) is 32.4. The highest BCUT2D eigenvalue weighted by molar-refractivity contribution is 5.95. The van der Waals surface area contributed by atoms with Crippen molar-refractivity contribution >= 4 is 29.9 Å². The molecule has 4 amide bonds. The highest BCUT2D eigenvalue weighted by Gasteiger charge is 2.44. The molecule has 0 radical (unpaired) electrons. The molecule has 0 saturated carbocycles. The Kier molecular flexibility index (Phi) is 10.9. The molecule has 0 unspecified atom stereocenters. The van der Waals surface area contributed by atoms with Gasteiger partial charge in [0, 0.05) is 5.69 Å². The van der Waals surface area contributed by atoms with Crippen molar-refractivity contribution in [1.29, 1.82) is 0 Å². The lowest BCUT2D eigenvalue weighted by Gasteiger charge is -2.32. The Labute approximate surface area is 246 Å². The molecule has 11 nitrogen and oxygen atoms in total. The standard InChI is InChI=1S/C31H41N3O8/c1-19(2)25-18-41-30(39)34(25)27(36)20(3)26(35)24(33-29(38)42-31(4,5)6)16-21-12-14-23(15-13-21)32-28(37)40-17-22-10-8-7-9-11-22/h7-15,19-20,24-26,35H,16-18H2,1-6H3,(H,32,37)(H,33,38)/t20-,24-,25+,26-/m0/s1. The Morgan fingerprint density at radius 2 is 1.64 bits per heavy atom. The number of hydrogen-bond donors (Lipinski definition) is 3. The molecule has 1 aliphatic heterocycles. The van der Waals surface area contributed by atoms with E-state index in [0.29, 0.717) is 11.3 Å². The van der Waals surface area contributed by atoms with E-state index in [1.807, 2.05) is 44.2 Å². The Morgan fingerprint density at radius 1 is 1.00 bits per heavy atom. The van der Waals surface area contributed by atoms with Gasteiger partial charge in [-0.1, -0.05) is 63.2 Å².